The van der Waals surface area contributed by atoms with E-state index in [0.717, 1.165) is 6.07 Å². The quantitative estimate of drug-likeness (QED) is 0.595. The molecule has 1 aromatic carbocycles. The van der Waals surface area contributed by atoms with Crippen molar-refractivity contribution in [1.29, 1.82) is 0 Å². The van der Waals surface area contributed by atoms with Gasteiger partial charge >= 0.3 is 6.18 Å². The van der Waals surface area contributed by atoms with E-state index in [9.17, 15) is 18.0 Å². The van der Waals surface area contributed by atoms with Crippen molar-refractivity contribution in [2.45, 2.75) is 30.0 Å². The number of amides is 1. The molecule has 0 bridgehead atoms. The summed E-state index contributed by atoms with van der Waals surface area (Å²) in [5.74, 6) is -0.886. The van der Waals surface area contributed by atoms with Crippen LogP contribution in [0, 0.1) is 5.92 Å². The third-order valence-electron chi connectivity index (χ3n) is 2.67. The number of nitrogens with one attached hydrogen (secondary N) is 2. The molecular weight excluding hydrogens is 364 g/mol. The van der Waals surface area contributed by atoms with Crippen LogP contribution in [0.15, 0.2) is 24.3 Å². The number of alkyl halides is 6. The Bertz CT molecular complexity index is 530. The Morgan fingerprint density at radius 1 is 1.14 bits per heavy atom. The maximum Gasteiger partial charge on any atom is 0.418 e. The van der Waals surface area contributed by atoms with Crippen molar-refractivity contribution in [2.75, 3.05) is 5.32 Å². The van der Waals surface area contributed by atoms with Gasteiger partial charge in [0.25, 0.3) is 0 Å². The molecule has 0 spiro atoms. The summed E-state index contributed by atoms with van der Waals surface area (Å²) in [7, 11) is 0. The van der Waals surface area contributed by atoms with Gasteiger partial charge in [0.1, 0.15) is 6.17 Å². The minimum absolute atomic E-state index is 0.296. The first-order chi connectivity index (χ1) is 9.93. The largest absolute Gasteiger partial charge is 0.418 e. The molecule has 9 heteroatoms. The second-order valence-corrected chi connectivity index (χ2v) is 7.19. The van der Waals surface area contributed by atoms with Crippen molar-refractivity contribution in [2.24, 2.45) is 5.92 Å². The molecule has 2 N–H and O–H groups in total. The van der Waals surface area contributed by atoms with Crippen LogP contribution >= 0.6 is 34.8 Å². The lowest BCUT2D eigenvalue weighted by molar-refractivity contribution is -0.137. The monoisotopic (exact) mass is 376 g/mol. The summed E-state index contributed by atoms with van der Waals surface area (Å²) < 4.78 is 36.8. The SMILES string of the molecule is CC(C)C(=O)NC(Nc1ccccc1C(F)(F)F)C(Cl)(Cl)Cl. The Kier molecular flexibility index (Phi) is 6.24. The van der Waals surface area contributed by atoms with E-state index in [2.05, 4.69) is 10.6 Å². The van der Waals surface area contributed by atoms with Gasteiger partial charge in [-0.05, 0) is 12.1 Å². The normalized spacial score (nSPS) is 13.9. The van der Waals surface area contributed by atoms with Crippen molar-refractivity contribution in [3.63, 3.8) is 0 Å². The molecule has 0 aliphatic heterocycles. The van der Waals surface area contributed by atoms with Gasteiger partial charge in [0, 0.05) is 11.6 Å². The van der Waals surface area contributed by atoms with E-state index in [1.807, 2.05) is 0 Å². The number of halogens is 6. The number of rotatable bonds is 4. The number of benzene rings is 1. The van der Waals surface area contributed by atoms with E-state index < -0.39 is 33.5 Å². The van der Waals surface area contributed by atoms with Crippen LogP contribution in [-0.4, -0.2) is 15.9 Å². The second-order valence-electron chi connectivity index (χ2n) is 4.83. The van der Waals surface area contributed by atoms with E-state index in [0.29, 0.717) is 0 Å². The van der Waals surface area contributed by atoms with Crippen LogP contribution in [0.3, 0.4) is 0 Å². The molecule has 0 aliphatic rings. The molecule has 0 saturated carbocycles. The van der Waals surface area contributed by atoms with Gasteiger partial charge in [0.15, 0.2) is 0 Å². The zero-order valence-corrected chi connectivity index (χ0v) is 13.9. The van der Waals surface area contributed by atoms with E-state index in [-0.39, 0.29) is 5.69 Å². The summed E-state index contributed by atoms with van der Waals surface area (Å²) in [5, 5.41) is 4.80. The Morgan fingerprint density at radius 2 is 1.68 bits per heavy atom. The van der Waals surface area contributed by atoms with Gasteiger partial charge in [0.05, 0.1) is 5.56 Å². The average Bonchev–Trinajstić information content (AvgIpc) is 2.35. The highest BCUT2D eigenvalue weighted by molar-refractivity contribution is 6.68. The first kappa shape index (κ1) is 19.2. The number of hydrogen-bond acceptors (Lipinski definition) is 2. The third kappa shape index (κ3) is 5.41. The van der Waals surface area contributed by atoms with Crippen molar-refractivity contribution in [3.8, 4) is 0 Å². The molecule has 0 saturated heterocycles. The molecule has 1 unspecified atom stereocenters. The van der Waals surface area contributed by atoms with Crippen molar-refractivity contribution >= 4 is 46.4 Å². The summed E-state index contributed by atoms with van der Waals surface area (Å²) >= 11 is 17.2. The van der Waals surface area contributed by atoms with Crippen LogP contribution in [0.4, 0.5) is 18.9 Å². The smallest absolute Gasteiger partial charge is 0.361 e. The highest BCUT2D eigenvalue weighted by Gasteiger charge is 2.38. The Morgan fingerprint density at radius 3 is 2.14 bits per heavy atom. The molecule has 0 radical (unpaired) electrons. The van der Waals surface area contributed by atoms with Gasteiger partial charge in [0.2, 0.25) is 9.70 Å². The van der Waals surface area contributed by atoms with Crippen LogP contribution in [0.2, 0.25) is 0 Å². The summed E-state index contributed by atoms with van der Waals surface area (Å²) in [6, 6.07) is 4.72. The third-order valence-corrected chi connectivity index (χ3v) is 3.33. The molecule has 0 aromatic heterocycles. The average molecular weight is 378 g/mol. The van der Waals surface area contributed by atoms with Gasteiger partial charge < -0.3 is 10.6 Å². The van der Waals surface area contributed by atoms with Crippen LogP contribution in [0.25, 0.3) is 0 Å². The molecular formula is C13H14Cl3F3N2O. The minimum atomic E-state index is -4.58. The lowest BCUT2D eigenvalue weighted by Gasteiger charge is -2.29. The van der Waals surface area contributed by atoms with Crippen LogP contribution in [0.5, 0.6) is 0 Å². The molecule has 3 nitrogen and oxygen atoms in total. The first-order valence-corrected chi connectivity index (χ1v) is 7.36. The molecule has 0 aliphatic carbocycles. The second kappa shape index (κ2) is 7.15. The van der Waals surface area contributed by atoms with Crippen molar-refractivity contribution in [1.82, 2.24) is 5.32 Å². The summed E-state index contributed by atoms with van der Waals surface area (Å²) in [4.78, 5) is 11.7. The highest BCUT2D eigenvalue weighted by atomic mass is 35.6. The minimum Gasteiger partial charge on any atom is -0.361 e. The van der Waals surface area contributed by atoms with E-state index in [1.54, 1.807) is 13.8 Å². The standard InChI is InChI=1S/C13H14Cl3F3N2O/c1-7(2)10(22)21-11(12(14,15)16)20-9-6-4-3-5-8(9)13(17,18)19/h3-7,11,20H,1-2H3,(H,21,22). The maximum absolute atomic E-state index is 13.0. The lowest BCUT2D eigenvalue weighted by Crippen LogP contribution is -2.50. The predicted molar refractivity (Wildman–Crippen MR) is 82.1 cm³/mol. The Balaban J connectivity index is 3.09. The Labute approximate surface area is 141 Å². The fourth-order valence-electron chi connectivity index (χ4n) is 1.52. The molecule has 0 fully saturated rings. The topological polar surface area (TPSA) is 41.1 Å². The van der Waals surface area contributed by atoms with Crippen molar-refractivity contribution < 1.29 is 18.0 Å². The number of carbonyl (C=O) groups excluding carboxylic acids is 1. The zero-order valence-electron chi connectivity index (χ0n) is 11.6. The molecule has 1 amide bonds. The van der Waals surface area contributed by atoms with E-state index in [4.69, 9.17) is 34.8 Å². The van der Waals surface area contributed by atoms with Gasteiger partial charge in [-0.15, -0.1) is 0 Å². The zero-order chi connectivity index (χ0) is 17.1. The predicted octanol–water partition coefficient (Wildman–Crippen LogP) is 4.59. The van der Waals surface area contributed by atoms with E-state index >= 15 is 0 Å². The van der Waals surface area contributed by atoms with Crippen molar-refractivity contribution in [3.05, 3.63) is 29.8 Å². The molecule has 1 rings (SSSR count). The van der Waals surface area contributed by atoms with Gasteiger partial charge in [-0.1, -0.05) is 60.8 Å². The van der Waals surface area contributed by atoms with Crippen LogP contribution in [-0.2, 0) is 11.0 Å². The molecule has 1 aromatic rings. The highest BCUT2D eigenvalue weighted by Crippen LogP contribution is 2.37. The summed E-state index contributed by atoms with van der Waals surface area (Å²) in [6.07, 6.45) is -5.90. The molecule has 1 atom stereocenters. The number of hydrogen-bond donors (Lipinski definition) is 2. The molecule has 22 heavy (non-hydrogen) atoms. The fraction of sp³-hybridized carbons (Fsp3) is 0.462. The summed E-state index contributed by atoms with van der Waals surface area (Å²) in [5.41, 5.74) is -1.22. The van der Waals surface area contributed by atoms with Gasteiger partial charge in [-0.3, -0.25) is 4.79 Å². The van der Waals surface area contributed by atoms with E-state index in [1.165, 1.54) is 18.2 Å². The number of carbonyl (C=O) groups is 1. The van der Waals surface area contributed by atoms with Crippen LogP contribution < -0.4 is 10.6 Å². The van der Waals surface area contributed by atoms with Gasteiger partial charge in [-0.25, -0.2) is 0 Å². The molecule has 124 valence electrons. The fourth-order valence-corrected chi connectivity index (χ4v) is 1.85. The van der Waals surface area contributed by atoms with Crippen LogP contribution in [0.1, 0.15) is 19.4 Å². The van der Waals surface area contributed by atoms with Gasteiger partial charge in [-0.2, -0.15) is 13.2 Å². The first-order valence-electron chi connectivity index (χ1n) is 6.22. The lowest BCUT2D eigenvalue weighted by atomic mass is 10.1. The number of para-hydroxylation sites is 1. The maximum atomic E-state index is 13.0. The summed E-state index contributed by atoms with van der Waals surface area (Å²) in [6.45, 7) is 3.21. The Hall–Kier alpha value is -0.850. The molecule has 0 heterocycles. The number of anilines is 1.